The van der Waals surface area contributed by atoms with Gasteiger partial charge in [-0.1, -0.05) is 12.2 Å². The molecule has 0 N–H and O–H groups in total. The second kappa shape index (κ2) is 9.44. The number of unbranched alkanes of at least 4 members (excludes halogenated alkanes) is 1. The Kier molecular flexibility index (Phi) is 7.20. The van der Waals surface area contributed by atoms with Gasteiger partial charge in [0.1, 0.15) is 0 Å². The summed E-state index contributed by atoms with van der Waals surface area (Å²) in [5.74, 6) is 0.265. The molecule has 0 aliphatic carbocycles. The van der Waals surface area contributed by atoms with Crippen LogP contribution in [0.1, 0.15) is 51.4 Å². The molecule has 0 aromatic carbocycles. The van der Waals surface area contributed by atoms with E-state index in [1.54, 1.807) is 12.2 Å². The second-order valence-corrected chi connectivity index (χ2v) is 6.15. The molecule has 2 heterocycles. The van der Waals surface area contributed by atoms with E-state index in [4.69, 9.17) is 0 Å². The molecule has 0 unspecified atom stereocenters. The van der Waals surface area contributed by atoms with Gasteiger partial charge in [0.15, 0.2) is 0 Å². The van der Waals surface area contributed by atoms with E-state index in [0.717, 1.165) is 64.7 Å². The van der Waals surface area contributed by atoms with Crippen molar-refractivity contribution in [1.29, 1.82) is 0 Å². The third-order valence-electron chi connectivity index (χ3n) is 4.36. The number of allylic oxidation sites excluding steroid dienone is 2. The number of amides is 2. The van der Waals surface area contributed by atoms with Gasteiger partial charge in [0, 0.05) is 26.2 Å². The van der Waals surface area contributed by atoms with E-state index in [9.17, 15) is 9.59 Å². The third-order valence-corrected chi connectivity index (χ3v) is 4.36. The first-order chi connectivity index (χ1) is 10.8. The molecule has 2 aliphatic rings. The zero-order valence-electron chi connectivity index (χ0n) is 13.5. The maximum absolute atomic E-state index is 11.9. The fraction of sp³-hybridized carbons (Fsp3) is 0.667. The summed E-state index contributed by atoms with van der Waals surface area (Å²) in [5.41, 5.74) is 0. The topological polar surface area (TPSA) is 40.6 Å². The molecule has 0 spiro atoms. The summed E-state index contributed by atoms with van der Waals surface area (Å²) in [5, 5.41) is 0. The minimum absolute atomic E-state index is 0.132. The number of carbonyl (C=O) groups excluding carboxylic acids is 2. The van der Waals surface area contributed by atoms with Gasteiger partial charge in [-0.05, 0) is 63.5 Å². The van der Waals surface area contributed by atoms with Gasteiger partial charge in [0.05, 0.1) is 0 Å². The molecule has 0 saturated carbocycles. The first kappa shape index (κ1) is 16.8. The SMILES string of the molecule is O=C(C=CCCC=CC(=O)N1CCCCC1)N1CCCCC1. The standard InChI is InChI=1S/C18H28N2O2/c21-17(19-13-7-3-8-14-19)11-5-1-2-6-12-18(22)20-15-9-4-10-16-20/h5-6,11-12H,1-4,7-10,13-16H2. The van der Waals surface area contributed by atoms with Crippen molar-refractivity contribution in [2.45, 2.75) is 51.4 Å². The van der Waals surface area contributed by atoms with Crippen LogP contribution in [0, 0.1) is 0 Å². The van der Waals surface area contributed by atoms with Crippen molar-refractivity contribution in [1.82, 2.24) is 9.80 Å². The van der Waals surface area contributed by atoms with Gasteiger partial charge in [-0.2, -0.15) is 0 Å². The average Bonchev–Trinajstić information content (AvgIpc) is 2.59. The Labute approximate surface area is 133 Å². The van der Waals surface area contributed by atoms with E-state index >= 15 is 0 Å². The summed E-state index contributed by atoms with van der Waals surface area (Å²) in [6, 6.07) is 0. The summed E-state index contributed by atoms with van der Waals surface area (Å²) in [6.45, 7) is 3.58. The number of likely N-dealkylation sites (tertiary alicyclic amines) is 2. The minimum atomic E-state index is 0.132. The molecule has 2 amide bonds. The van der Waals surface area contributed by atoms with Crippen LogP contribution in [0.25, 0.3) is 0 Å². The van der Waals surface area contributed by atoms with E-state index in [2.05, 4.69) is 0 Å². The van der Waals surface area contributed by atoms with Crippen molar-refractivity contribution in [3.05, 3.63) is 24.3 Å². The van der Waals surface area contributed by atoms with Crippen molar-refractivity contribution in [3.8, 4) is 0 Å². The number of nitrogens with zero attached hydrogens (tertiary/aromatic N) is 2. The number of piperidine rings is 2. The van der Waals surface area contributed by atoms with Crippen LogP contribution in [0.15, 0.2) is 24.3 Å². The molecule has 0 atom stereocenters. The maximum Gasteiger partial charge on any atom is 0.246 e. The monoisotopic (exact) mass is 304 g/mol. The zero-order chi connectivity index (χ0) is 15.6. The number of carbonyl (C=O) groups is 2. The molecule has 0 aromatic rings. The van der Waals surface area contributed by atoms with Gasteiger partial charge < -0.3 is 9.80 Å². The molecule has 4 nitrogen and oxygen atoms in total. The normalized spacial score (nSPS) is 20.0. The second-order valence-electron chi connectivity index (χ2n) is 6.15. The van der Waals surface area contributed by atoms with Gasteiger partial charge in [-0.25, -0.2) is 0 Å². The largest absolute Gasteiger partial charge is 0.339 e. The minimum Gasteiger partial charge on any atom is -0.339 e. The molecule has 2 fully saturated rings. The van der Waals surface area contributed by atoms with Crippen LogP contribution in [-0.4, -0.2) is 47.8 Å². The van der Waals surface area contributed by atoms with Crippen molar-refractivity contribution >= 4 is 11.8 Å². The maximum atomic E-state index is 11.9. The lowest BCUT2D eigenvalue weighted by Gasteiger charge is -2.25. The molecular formula is C18H28N2O2. The molecule has 0 aromatic heterocycles. The van der Waals surface area contributed by atoms with Crippen molar-refractivity contribution < 1.29 is 9.59 Å². The van der Waals surface area contributed by atoms with Crippen LogP contribution in [-0.2, 0) is 9.59 Å². The average molecular weight is 304 g/mol. The summed E-state index contributed by atoms with van der Waals surface area (Å²) in [7, 11) is 0. The van der Waals surface area contributed by atoms with Crippen LogP contribution in [0.3, 0.4) is 0 Å². The smallest absolute Gasteiger partial charge is 0.246 e. The Morgan fingerprint density at radius 2 is 1.00 bits per heavy atom. The Hall–Kier alpha value is -1.58. The van der Waals surface area contributed by atoms with Crippen LogP contribution in [0.5, 0.6) is 0 Å². The van der Waals surface area contributed by atoms with Gasteiger partial charge in [-0.15, -0.1) is 0 Å². The quantitative estimate of drug-likeness (QED) is 0.579. The number of rotatable bonds is 5. The zero-order valence-corrected chi connectivity index (χ0v) is 13.5. The Balaban J connectivity index is 1.61. The first-order valence-corrected chi connectivity index (χ1v) is 8.68. The van der Waals surface area contributed by atoms with Crippen molar-refractivity contribution in [2.24, 2.45) is 0 Å². The molecule has 22 heavy (non-hydrogen) atoms. The van der Waals surface area contributed by atoms with E-state index in [0.29, 0.717) is 0 Å². The summed E-state index contributed by atoms with van der Waals surface area (Å²) >= 11 is 0. The van der Waals surface area contributed by atoms with Crippen molar-refractivity contribution in [3.63, 3.8) is 0 Å². The number of hydrogen-bond acceptors (Lipinski definition) is 2. The van der Waals surface area contributed by atoms with Gasteiger partial charge in [0.2, 0.25) is 11.8 Å². The lowest BCUT2D eigenvalue weighted by Crippen LogP contribution is -2.34. The molecule has 0 radical (unpaired) electrons. The van der Waals surface area contributed by atoms with Crippen LogP contribution < -0.4 is 0 Å². The van der Waals surface area contributed by atoms with E-state index < -0.39 is 0 Å². The third kappa shape index (κ3) is 5.66. The lowest BCUT2D eigenvalue weighted by atomic mass is 10.1. The predicted octanol–water partition coefficient (Wildman–Crippen LogP) is 2.90. The van der Waals surface area contributed by atoms with E-state index in [1.165, 1.54) is 12.8 Å². The Morgan fingerprint density at radius 3 is 1.36 bits per heavy atom. The molecule has 2 rings (SSSR count). The fourth-order valence-electron chi connectivity index (χ4n) is 3.00. The van der Waals surface area contributed by atoms with Gasteiger partial charge in [0.25, 0.3) is 0 Å². The molecule has 0 bridgehead atoms. The highest BCUT2D eigenvalue weighted by molar-refractivity contribution is 5.88. The first-order valence-electron chi connectivity index (χ1n) is 8.68. The van der Waals surface area contributed by atoms with Crippen molar-refractivity contribution in [2.75, 3.05) is 26.2 Å². The molecular weight excluding hydrogens is 276 g/mol. The van der Waals surface area contributed by atoms with Gasteiger partial charge in [-0.3, -0.25) is 9.59 Å². The van der Waals surface area contributed by atoms with Gasteiger partial charge >= 0.3 is 0 Å². The Bertz CT molecular complexity index is 377. The lowest BCUT2D eigenvalue weighted by molar-refractivity contribution is -0.127. The van der Waals surface area contributed by atoms with E-state index in [1.807, 2.05) is 22.0 Å². The number of hydrogen-bond donors (Lipinski definition) is 0. The summed E-state index contributed by atoms with van der Waals surface area (Å²) < 4.78 is 0. The highest BCUT2D eigenvalue weighted by Crippen LogP contribution is 2.10. The van der Waals surface area contributed by atoms with Crippen LogP contribution >= 0.6 is 0 Å². The molecule has 122 valence electrons. The van der Waals surface area contributed by atoms with Crippen LogP contribution in [0.2, 0.25) is 0 Å². The highest BCUT2D eigenvalue weighted by Gasteiger charge is 2.14. The van der Waals surface area contributed by atoms with Crippen LogP contribution in [0.4, 0.5) is 0 Å². The highest BCUT2D eigenvalue weighted by atomic mass is 16.2. The summed E-state index contributed by atoms with van der Waals surface area (Å²) in [4.78, 5) is 27.7. The fourth-order valence-corrected chi connectivity index (χ4v) is 3.00. The Morgan fingerprint density at radius 1 is 0.636 bits per heavy atom. The molecule has 2 aliphatic heterocycles. The molecule has 2 saturated heterocycles. The predicted molar refractivity (Wildman–Crippen MR) is 88.4 cm³/mol. The summed E-state index contributed by atoms with van der Waals surface area (Å²) in [6.07, 6.45) is 15.8. The van der Waals surface area contributed by atoms with E-state index in [-0.39, 0.29) is 11.8 Å². The molecule has 4 heteroatoms.